The summed E-state index contributed by atoms with van der Waals surface area (Å²) in [6.45, 7) is 6.70. The molecule has 0 radical (unpaired) electrons. The molecule has 1 saturated carbocycles. The highest BCUT2D eigenvalue weighted by Crippen LogP contribution is 2.58. The molecule has 1 amide bonds. The number of carbonyl (C=O) groups excluding carboxylic acids is 1. The Bertz CT molecular complexity index is 314. The zero-order valence-corrected chi connectivity index (χ0v) is 10.8. The van der Waals surface area contributed by atoms with Gasteiger partial charge in [-0.2, -0.15) is 0 Å². The maximum absolute atomic E-state index is 11.8. The molecule has 1 aliphatic carbocycles. The van der Waals surface area contributed by atoms with Gasteiger partial charge < -0.3 is 15.2 Å². The van der Waals surface area contributed by atoms with E-state index in [2.05, 4.69) is 5.32 Å². The second-order valence-electron chi connectivity index (χ2n) is 5.42. The lowest BCUT2D eigenvalue weighted by Crippen LogP contribution is -2.32. The van der Waals surface area contributed by atoms with Gasteiger partial charge in [-0.05, 0) is 11.3 Å². The van der Waals surface area contributed by atoms with Gasteiger partial charge in [-0.1, -0.05) is 20.8 Å². The fourth-order valence-corrected chi connectivity index (χ4v) is 2.32. The highest BCUT2D eigenvalue weighted by molar-refractivity contribution is 5.91. The van der Waals surface area contributed by atoms with Crippen LogP contribution in [0.5, 0.6) is 0 Å². The number of carboxylic acids is 1. The van der Waals surface area contributed by atoms with Crippen LogP contribution in [0.3, 0.4) is 0 Å². The van der Waals surface area contributed by atoms with Crippen molar-refractivity contribution in [2.75, 3.05) is 20.3 Å². The number of carboxylic acid groups (broad SMARTS) is 1. The lowest BCUT2D eigenvalue weighted by atomic mass is 10.1. The summed E-state index contributed by atoms with van der Waals surface area (Å²) in [6.07, 6.45) is 0. The van der Waals surface area contributed by atoms with Crippen molar-refractivity contribution >= 4 is 11.9 Å². The summed E-state index contributed by atoms with van der Waals surface area (Å²) in [4.78, 5) is 22.8. The van der Waals surface area contributed by atoms with Crippen molar-refractivity contribution in [1.82, 2.24) is 5.32 Å². The van der Waals surface area contributed by atoms with Gasteiger partial charge in [0.15, 0.2) is 0 Å². The number of hydrogen-bond donors (Lipinski definition) is 2. The van der Waals surface area contributed by atoms with E-state index < -0.39 is 23.2 Å². The number of hydrogen-bond acceptors (Lipinski definition) is 3. The Hall–Kier alpha value is -1.10. The summed E-state index contributed by atoms with van der Waals surface area (Å²) in [5, 5.41) is 11.8. The third kappa shape index (κ3) is 2.97. The zero-order valence-electron chi connectivity index (χ0n) is 10.8. The predicted octanol–water partition coefficient (Wildman–Crippen LogP) is 0.742. The van der Waals surface area contributed by atoms with Gasteiger partial charge in [-0.25, -0.2) is 0 Å². The van der Waals surface area contributed by atoms with Crippen LogP contribution in [0.15, 0.2) is 0 Å². The van der Waals surface area contributed by atoms with Crippen LogP contribution in [0.2, 0.25) is 0 Å². The van der Waals surface area contributed by atoms with Gasteiger partial charge in [0.2, 0.25) is 5.91 Å². The number of amides is 1. The van der Waals surface area contributed by atoms with Crippen LogP contribution < -0.4 is 5.32 Å². The highest BCUT2D eigenvalue weighted by Gasteiger charge is 2.65. The summed E-state index contributed by atoms with van der Waals surface area (Å²) in [7, 11) is 1.61. The summed E-state index contributed by atoms with van der Waals surface area (Å²) >= 11 is 0. The van der Waals surface area contributed by atoms with Gasteiger partial charge in [0, 0.05) is 13.7 Å². The molecule has 5 nitrogen and oxygen atoms in total. The molecular weight excluding hydrogens is 222 g/mol. The molecule has 0 aromatic rings. The monoisotopic (exact) mass is 243 g/mol. The molecule has 98 valence electrons. The summed E-state index contributed by atoms with van der Waals surface area (Å²) in [5.74, 6) is -1.78. The molecule has 0 aromatic heterocycles. The Morgan fingerprint density at radius 1 is 1.41 bits per heavy atom. The van der Waals surface area contributed by atoms with E-state index in [0.29, 0.717) is 13.2 Å². The molecular formula is C12H21NO4. The largest absolute Gasteiger partial charge is 0.481 e. The zero-order chi connectivity index (χ0) is 13.2. The second kappa shape index (κ2) is 5.04. The molecule has 0 aromatic carbocycles. The molecule has 0 heterocycles. The molecule has 1 unspecified atom stereocenters. The van der Waals surface area contributed by atoms with Crippen molar-refractivity contribution in [3.05, 3.63) is 0 Å². The summed E-state index contributed by atoms with van der Waals surface area (Å²) in [5.41, 5.74) is -0.430. The van der Waals surface area contributed by atoms with Gasteiger partial charge in [-0.15, -0.1) is 0 Å². The van der Waals surface area contributed by atoms with Crippen LogP contribution >= 0.6 is 0 Å². The van der Waals surface area contributed by atoms with Gasteiger partial charge in [0.1, 0.15) is 0 Å². The minimum Gasteiger partial charge on any atom is -0.481 e. The Kier molecular flexibility index (Phi) is 4.14. The van der Waals surface area contributed by atoms with Crippen molar-refractivity contribution in [2.24, 2.45) is 23.2 Å². The Labute approximate surface area is 102 Å². The van der Waals surface area contributed by atoms with Gasteiger partial charge >= 0.3 is 5.97 Å². The Morgan fingerprint density at radius 2 is 2.00 bits per heavy atom. The average molecular weight is 243 g/mol. The van der Waals surface area contributed by atoms with E-state index in [0.717, 1.165) is 0 Å². The van der Waals surface area contributed by atoms with Gasteiger partial charge in [-0.3, -0.25) is 9.59 Å². The third-order valence-corrected chi connectivity index (χ3v) is 3.45. The molecule has 0 saturated heterocycles. The van der Waals surface area contributed by atoms with Crippen LogP contribution in [-0.4, -0.2) is 37.2 Å². The number of carbonyl (C=O) groups is 2. The first-order chi connectivity index (χ1) is 7.82. The van der Waals surface area contributed by atoms with Crippen molar-refractivity contribution in [2.45, 2.75) is 20.8 Å². The van der Waals surface area contributed by atoms with Crippen molar-refractivity contribution in [3.63, 3.8) is 0 Å². The molecule has 2 N–H and O–H groups in total. The van der Waals surface area contributed by atoms with E-state index in [9.17, 15) is 9.59 Å². The summed E-state index contributed by atoms with van der Waals surface area (Å²) in [6, 6.07) is 0. The van der Waals surface area contributed by atoms with Gasteiger partial charge in [0.25, 0.3) is 0 Å². The number of nitrogens with one attached hydrogen (secondary N) is 1. The number of aliphatic carboxylic acids is 1. The topological polar surface area (TPSA) is 75.6 Å². The van der Waals surface area contributed by atoms with Crippen molar-refractivity contribution < 1.29 is 19.4 Å². The quantitative estimate of drug-likeness (QED) is 0.721. The van der Waals surface area contributed by atoms with E-state index in [4.69, 9.17) is 9.84 Å². The molecule has 1 aliphatic rings. The highest BCUT2D eigenvalue weighted by atomic mass is 16.5. The molecule has 1 rings (SSSR count). The molecule has 5 heteroatoms. The third-order valence-electron chi connectivity index (χ3n) is 3.45. The van der Waals surface area contributed by atoms with Crippen LogP contribution in [-0.2, 0) is 14.3 Å². The summed E-state index contributed by atoms with van der Waals surface area (Å²) < 4.78 is 4.97. The van der Waals surface area contributed by atoms with Crippen LogP contribution in [0.4, 0.5) is 0 Å². The number of methoxy groups -OCH3 is 1. The SMILES string of the molecule is COCC(C)CNC(=O)[C@H]1[C@@H](C(=O)O)C1(C)C. The van der Waals surface area contributed by atoms with E-state index in [1.807, 2.05) is 20.8 Å². The maximum Gasteiger partial charge on any atom is 0.307 e. The van der Waals surface area contributed by atoms with E-state index >= 15 is 0 Å². The Balaban J connectivity index is 2.43. The van der Waals surface area contributed by atoms with Gasteiger partial charge in [0.05, 0.1) is 18.4 Å². The first kappa shape index (κ1) is 14.0. The fourth-order valence-electron chi connectivity index (χ4n) is 2.32. The van der Waals surface area contributed by atoms with E-state index in [1.54, 1.807) is 7.11 Å². The molecule has 0 bridgehead atoms. The normalized spacial score (nSPS) is 27.3. The first-order valence-corrected chi connectivity index (χ1v) is 5.81. The second-order valence-corrected chi connectivity index (χ2v) is 5.42. The lowest BCUT2D eigenvalue weighted by Gasteiger charge is -2.11. The molecule has 1 fully saturated rings. The first-order valence-electron chi connectivity index (χ1n) is 5.81. The van der Waals surface area contributed by atoms with Crippen LogP contribution in [0, 0.1) is 23.2 Å². The Morgan fingerprint density at radius 3 is 2.41 bits per heavy atom. The fraction of sp³-hybridized carbons (Fsp3) is 0.833. The molecule has 0 spiro atoms. The van der Waals surface area contributed by atoms with E-state index in [1.165, 1.54) is 0 Å². The van der Waals surface area contributed by atoms with E-state index in [-0.39, 0.29) is 11.8 Å². The maximum atomic E-state index is 11.8. The number of rotatable bonds is 6. The minimum atomic E-state index is -0.889. The molecule has 3 atom stereocenters. The molecule has 17 heavy (non-hydrogen) atoms. The average Bonchev–Trinajstić information content (AvgIpc) is 2.79. The van der Waals surface area contributed by atoms with Crippen LogP contribution in [0.25, 0.3) is 0 Å². The standard InChI is InChI=1S/C12H21NO4/c1-7(6-17-4)5-13-10(14)8-9(11(15)16)12(8,2)3/h7-9H,5-6H2,1-4H3,(H,13,14)(H,15,16)/t7?,8-,9+/m1/s1. The smallest absolute Gasteiger partial charge is 0.307 e. The number of ether oxygens (including phenoxy) is 1. The van der Waals surface area contributed by atoms with Crippen molar-refractivity contribution in [1.29, 1.82) is 0 Å². The minimum absolute atomic E-state index is 0.162. The predicted molar refractivity (Wildman–Crippen MR) is 62.4 cm³/mol. The molecule has 0 aliphatic heterocycles. The lowest BCUT2D eigenvalue weighted by molar-refractivity contribution is -0.140. The van der Waals surface area contributed by atoms with Crippen molar-refractivity contribution in [3.8, 4) is 0 Å². The van der Waals surface area contributed by atoms with Crippen LogP contribution in [0.1, 0.15) is 20.8 Å².